The number of halogens is 2. The number of nitrogens with one attached hydrogen (secondary N) is 1. The van der Waals surface area contributed by atoms with Gasteiger partial charge < -0.3 is 5.32 Å². The Balaban J connectivity index is 2.04. The van der Waals surface area contributed by atoms with Gasteiger partial charge in [-0.15, -0.1) is 11.3 Å². The molecule has 16 heavy (non-hydrogen) atoms. The zero-order valence-corrected chi connectivity index (χ0v) is 10.2. The van der Waals surface area contributed by atoms with Crippen LogP contribution >= 0.6 is 22.9 Å². The Labute approximate surface area is 102 Å². The number of thiazole rings is 1. The predicted molar refractivity (Wildman–Crippen MR) is 65.6 cm³/mol. The molecular weight excluding hydrogens is 247 g/mol. The number of rotatable bonds is 3. The van der Waals surface area contributed by atoms with Gasteiger partial charge in [-0.25, -0.2) is 9.37 Å². The molecule has 1 N–H and O–H groups in total. The molecule has 0 spiro atoms. The van der Waals surface area contributed by atoms with Crippen LogP contribution in [0, 0.1) is 12.7 Å². The van der Waals surface area contributed by atoms with E-state index in [-0.39, 0.29) is 5.82 Å². The molecule has 0 amide bonds. The fraction of sp³-hybridized carbons (Fsp3) is 0.182. The van der Waals surface area contributed by atoms with E-state index in [4.69, 9.17) is 11.6 Å². The van der Waals surface area contributed by atoms with E-state index in [1.807, 2.05) is 6.92 Å². The summed E-state index contributed by atoms with van der Waals surface area (Å²) in [6, 6.07) is 4.58. The lowest BCUT2D eigenvalue weighted by Crippen LogP contribution is -1.99. The fourth-order valence-electron chi connectivity index (χ4n) is 1.30. The number of nitrogens with zero attached hydrogens (tertiary/aromatic N) is 1. The molecule has 0 radical (unpaired) electrons. The SMILES string of the molecule is Cc1ncc(CNc2ccc(Cl)cc2F)s1. The van der Waals surface area contributed by atoms with E-state index < -0.39 is 0 Å². The summed E-state index contributed by atoms with van der Waals surface area (Å²) in [5.74, 6) is -0.339. The van der Waals surface area contributed by atoms with Crippen molar-refractivity contribution in [3.8, 4) is 0 Å². The molecule has 0 fully saturated rings. The second kappa shape index (κ2) is 4.80. The molecule has 0 unspecified atom stereocenters. The Hall–Kier alpha value is -1.13. The molecular formula is C11H10ClFN2S. The van der Waals surface area contributed by atoms with E-state index >= 15 is 0 Å². The second-order valence-electron chi connectivity index (χ2n) is 3.32. The first kappa shape index (κ1) is 11.4. The second-order valence-corrected chi connectivity index (χ2v) is 5.08. The first-order valence-electron chi connectivity index (χ1n) is 4.75. The van der Waals surface area contributed by atoms with E-state index in [2.05, 4.69) is 10.3 Å². The minimum Gasteiger partial charge on any atom is -0.378 e. The third kappa shape index (κ3) is 2.71. The summed E-state index contributed by atoms with van der Waals surface area (Å²) in [4.78, 5) is 5.20. The van der Waals surface area contributed by atoms with Gasteiger partial charge in [-0.2, -0.15) is 0 Å². The van der Waals surface area contributed by atoms with Crippen molar-refractivity contribution in [2.75, 3.05) is 5.32 Å². The summed E-state index contributed by atoms with van der Waals surface area (Å²) in [6.07, 6.45) is 1.79. The molecule has 1 heterocycles. The Morgan fingerprint density at radius 1 is 1.50 bits per heavy atom. The quantitative estimate of drug-likeness (QED) is 0.902. The maximum absolute atomic E-state index is 13.4. The van der Waals surface area contributed by atoms with Crippen LogP contribution in [0.15, 0.2) is 24.4 Å². The van der Waals surface area contributed by atoms with Gasteiger partial charge in [0.05, 0.1) is 17.2 Å². The first-order valence-corrected chi connectivity index (χ1v) is 5.95. The molecule has 0 saturated carbocycles. The Morgan fingerprint density at radius 3 is 2.94 bits per heavy atom. The molecule has 5 heteroatoms. The number of anilines is 1. The topological polar surface area (TPSA) is 24.9 Å². The maximum Gasteiger partial charge on any atom is 0.147 e. The molecule has 0 atom stereocenters. The normalized spacial score (nSPS) is 10.4. The van der Waals surface area contributed by atoms with E-state index in [1.54, 1.807) is 29.7 Å². The van der Waals surface area contributed by atoms with Crippen LogP contribution in [-0.2, 0) is 6.54 Å². The average Bonchev–Trinajstić information content (AvgIpc) is 2.63. The Morgan fingerprint density at radius 2 is 2.31 bits per heavy atom. The van der Waals surface area contributed by atoms with Crippen molar-refractivity contribution in [2.24, 2.45) is 0 Å². The van der Waals surface area contributed by atoms with Crippen LogP contribution in [0.3, 0.4) is 0 Å². The lowest BCUT2D eigenvalue weighted by molar-refractivity contribution is 0.630. The van der Waals surface area contributed by atoms with Crippen LogP contribution in [0.25, 0.3) is 0 Å². The highest BCUT2D eigenvalue weighted by Gasteiger charge is 2.03. The van der Waals surface area contributed by atoms with E-state index in [1.165, 1.54) is 6.07 Å². The van der Waals surface area contributed by atoms with Gasteiger partial charge >= 0.3 is 0 Å². The van der Waals surface area contributed by atoms with Crippen LogP contribution in [0.1, 0.15) is 9.88 Å². The summed E-state index contributed by atoms with van der Waals surface area (Å²) in [7, 11) is 0. The van der Waals surface area contributed by atoms with Gasteiger partial charge in [0.2, 0.25) is 0 Å². The largest absolute Gasteiger partial charge is 0.378 e. The first-order chi connectivity index (χ1) is 7.65. The summed E-state index contributed by atoms with van der Waals surface area (Å²) < 4.78 is 13.4. The Kier molecular flexibility index (Phi) is 3.41. The van der Waals surface area contributed by atoms with Gasteiger partial charge in [0.1, 0.15) is 5.82 Å². The fourth-order valence-corrected chi connectivity index (χ4v) is 2.20. The number of hydrogen-bond donors (Lipinski definition) is 1. The molecule has 0 bridgehead atoms. The minimum atomic E-state index is -0.339. The zero-order chi connectivity index (χ0) is 11.5. The van der Waals surface area contributed by atoms with Gasteiger partial charge in [-0.3, -0.25) is 0 Å². The van der Waals surface area contributed by atoms with Crippen LogP contribution in [0.4, 0.5) is 10.1 Å². The molecule has 2 nitrogen and oxygen atoms in total. The van der Waals surface area contributed by atoms with E-state index in [9.17, 15) is 4.39 Å². The third-order valence-electron chi connectivity index (χ3n) is 2.05. The van der Waals surface area contributed by atoms with Crippen LogP contribution in [0.2, 0.25) is 5.02 Å². The van der Waals surface area contributed by atoms with Crippen molar-refractivity contribution in [3.63, 3.8) is 0 Å². The van der Waals surface area contributed by atoms with Crippen LogP contribution in [0.5, 0.6) is 0 Å². The van der Waals surface area contributed by atoms with Crippen molar-refractivity contribution >= 4 is 28.6 Å². The zero-order valence-electron chi connectivity index (χ0n) is 8.63. The maximum atomic E-state index is 13.4. The molecule has 0 aliphatic heterocycles. The highest BCUT2D eigenvalue weighted by Crippen LogP contribution is 2.20. The van der Waals surface area contributed by atoms with Crippen molar-refractivity contribution in [1.82, 2.24) is 4.98 Å². The third-order valence-corrected chi connectivity index (χ3v) is 3.20. The van der Waals surface area contributed by atoms with E-state index in [0.29, 0.717) is 17.3 Å². The van der Waals surface area contributed by atoms with Gasteiger partial charge in [0.25, 0.3) is 0 Å². The Bertz CT molecular complexity index is 498. The molecule has 2 rings (SSSR count). The smallest absolute Gasteiger partial charge is 0.147 e. The summed E-state index contributed by atoms with van der Waals surface area (Å²) >= 11 is 7.26. The summed E-state index contributed by atoms with van der Waals surface area (Å²) in [5, 5.41) is 4.41. The van der Waals surface area contributed by atoms with Gasteiger partial charge in [0.15, 0.2) is 0 Å². The lowest BCUT2D eigenvalue weighted by Gasteiger charge is -2.05. The van der Waals surface area contributed by atoms with Crippen LogP contribution < -0.4 is 5.32 Å². The molecule has 0 saturated heterocycles. The highest BCUT2D eigenvalue weighted by molar-refractivity contribution is 7.11. The van der Waals surface area contributed by atoms with Crippen molar-refractivity contribution in [3.05, 3.63) is 45.1 Å². The molecule has 0 aliphatic carbocycles. The van der Waals surface area contributed by atoms with Crippen molar-refractivity contribution < 1.29 is 4.39 Å². The monoisotopic (exact) mass is 256 g/mol. The minimum absolute atomic E-state index is 0.339. The van der Waals surface area contributed by atoms with Crippen molar-refractivity contribution in [2.45, 2.75) is 13.5 Å². The number of aryl methyl sites for hydroxylation is 1. The number of benzene rings is 1. The molecule has 0 aliphatic rings. The molecule has 1 aromatic heterocycles. The van der Waals surface area contributed by atoms with E-state index in [0.717, 1.165) is 9.88 Å². The molecule has 2 aromatic rings. The summed E-state index contributed by atoms with van der Waals surface area (Å²) in [5.41, 5.74) is 0.454. The summed E-state index contributed by atoms with van der Waals surface area (Å²) in [6.45, 7) is 2.51. The van der Waals surface area contributed by atoms with Crippen molar-refractivity contribution in [1.29, 1.82) is 0 Å². The van der Waals surface area contributed by atoms with Gasteiger partial charge in [-0.05, 0) is 25.1 Å². The van der Waals surface area contributed by atoms with Crippen LogP contribution in [-0.4, -0.2) is 4.98 Å². The van der Waals surface area contributed by atoms with Gasteiger partial charge in [-0.1, -0.05) is 11.6 Å². The van der Waals surface area contributed by atoms with Gasteiger partial charge in [0, 0.05) is 16.1 Å². The lowest BCUT2D eigenvalue weighted by atomic mass is 10.3. The molecule has 84 valence electrons. The number of hydrogen-bond acceptors (Lipinski definition) is 3. The average molecular weight is 257 g/mol. The highest BCUT2D eigenvalue weighted by atomic mass is 35.5. The standard InChI is InChI=1S/C11H10ClFN2S/c1-7-14-5-9(16-7)6-15-11-3-2-8(12)4-10(11)13/h2-5,15H,6H2,1H3. The molecule has 1 aromatic carbocycles. The number of aromatic nitrogens is 1. The predicted octanol–water partition coefficient (Wildman–Crippen LogP) is 3.86.